The number of amides is 2. The maximum absolute atomic E-state index is 13.2. The van der Waals surface area contributed by atoms with Gasteiger partial charge in [0, 0.05) is 28.8 Å². The van der Waals surface area contributed by atoms with E-state index in [1.54, 1.807) is 29.2 Å². The average Bonchev–Trinajstić information content (AvgIpc) is 2.69. The first-order valence-electron chi connectivity index (χ1n) is 9.22. The molecule has 0 saturated carbocycles. The number of para-hydroxylation sites is 1. The molecule has 1 N–H and O–H groups in total. The van der Waals surface area contributed by atoms with Crippen molar-refractivity contribution in [3.63, 3.8) is 0 Å². The summed E-state index contributed by atoms with van der Waals surface area (Å²) in [5.74, 6) is -0.308. The number of halogens is 3. The number of hydrogen-bond acceptors (Lipinski definition) is 1. The lowest BCUT2D eigenvalue weighted by Gasteiger charge is -2.24. The molecular weight excluding hydrogens is 410 g/mol. The molecule has 0 aromatic heterocycles. The normalized spacial score (nSPS) is 10.6. The van der Waals surface area contributed by atoms with Gasteiger partial charge >= 0.3 is 6.03 Å². The Balaban J connectivity index is 1.77. The van der Waals surface area contributed by atoms with Crippen molar-refractivity contribution in [3.05, 3.63) is 99.3 Å². The highest BCUT2D eigenvalue weighted by Gasteiger charge is 2.16. The highest BCUT2D eigenvalue weighted by atomic mass is 35.5. The van der Waals surface area contributed by atoms with E-state index in [0.717, 1.165) is 22.4 Å². The van der Waals surface area contributed by atoms with Crippen LogP contribution in [0.4, 0.5) is 14.9 Å². The number of urea groups is 1. The number of nitrogens with zero attached hydrogens (tertiary/aromatic N) is 1. The Kier molecular flexibility index (Phi) is 7.13. The number of rotatable bonds is 6. The van der Waals surface area contributed by atoms with Gasteiger partial charge in [-0.15, -0.1) is 0 Å². The monoisotopic (exact) mass is 430 g/mol. The van der Waals surface area contributed by atoms with Crippen molar-refractivity contribution in [2.75, 3.05) is 11.9 Å². The number of aryl methyl sites for hydroxylation is 1. The van der Waals surface area contributed by atoms with E-state index >= 15 is 0 Å². The standard InChI is InChI=1S/C23H21Cl2FN2O/c1-16-4-2-3-5-22(16)27-23(29)28(15-17-6-10-20(26)11-7-17)13-12-18-8-9-19(24)14-21(18)25/h2-11,14H,12-13,15H2,1H3,(H,27,29). The summed E-state index contributed by atoms with van der Waals surface area (Å²) >= 11 is 12.2. The van der Waals surface area contributed by atoms with Crippen molar-refractivity contribution < 1.29 is 9.18 Å². The lowest BCUT2D eigenvalue weighted by atomic mass is 10.1. The van der Waals surface area contributed by atoms with E-state index in [0.29, 0.717) is 29.6 Å². The van der Waals surface area contributed by atoms with Crippen LogP contribution in [0.1, 0.15) is 16.7 Å². The highest BCUT2D eigenvalue weighted by molar-refractivity contribution is 6.35. The minimum atomic E-state index is -0.308. The zero-order valence-electron chi connectivity index (χ0n) is 16.0. The molecular formula is C23H21Cl2FN2O. The first kappa shape index (κ1) is 21.2. The van der Waals surface area contributed by atoms with E-state index in [-0.39, 0.29) is 11.8 Å². The van der Waals surface area contributed by atoms with E-state index in [4.69, 9.17) is 23.2 Å². The Bertz CT molecular complexity index is 992. The summed E-state index contributed by atoms with van der Waals surface area (Å²) < 4.78 is 13.2. The summed E-state index contributed by atoms with van der Waals surface area (Å²) in [6.07, 6.45) is 0.568. The molecule has 0 saturated heterocycles. The zero-order valence-corrected chi connectivity index (χ0v) is 17.5. The molecule has 2 amide bonds. The Morgan fingerprint density at radius 3 is 2.45 bits per heavy atom. The molecule has 0 heterocycles. The third kappa shape index (κ3) is 5.96. The number of carbonyl (C=O) groups excluding carboxylic acids is 1. The summed E-state index contributed by atoms with van der Waals surface area (Å²) in [4.78, 5) is 14.7. The van der Waals surface area contributed by atoms with Gasteiger partial charge in [0.25, 0.3) is 0 Å². The van der Waals surface area contributed by atoms with Crippen LogP contribution in [0.2, 0.25) is 10.0 Å². The molecule has 0 unspecified atom stereocenters. The van der Waals surface area contributed by atoms with Crippen LogP contribution in [0.25, 0.3) is 0 Å². The minimum absolute atomic E-state index is 0.228. The van der Waals surface area contributed by atoms with Crippen LogP contribution < -0.4 is 5.32 Å². The predicted octanol–water partition coefficient (Wildman–Crippen LogP) is 6.72. The molecule has 0 bridgehead atoms. The molecule has 0 atom stereocenters. The molecule has 3 aromatic rings. The van der Waals surface area contributed by atoms with Crippen LogP contribution in [0.15, 0.2) is 66.7 Å². The van der Waals surface area contributed by atoms with Gasteiger partial charge in [-0.2, -0.15) is 0 Å². The fourth-order valence-electron chi connectivity index (χ4n) is 2.95. The lowest BCUT2D eigenvalue weighted by Crippen LogP contribution is -2.36. The van der Waals surface area contributed by atoms with Gasteiger partial charge in [0.15, 0.2) is 0 Å². The molecule has 3 rings (SSSR count). The van der Waals surface area contributed by atoms with Crippen molar-refractivity contribution in [3.8, 4) is 0 Å². The number of carbonyl (C=O) groups is 1. The van der Waals surface area contributed by atoms with Crippen LogP contribution in [0.3, 0.4) is 0 Å². The van der Waals surface area contributed by atoms with E-state index in [1.807, 2.05) is 37.3 Å². The highest BCUT2D eigenvalue weighted by Crippen LogP contribution is 2.22. The first-order chi connectivity index (χ1) is 13.9. The van der Waals surface area contributed by atoms with Gasteiger partial charge in [0.2, 0.25) is 0 Å². The van der Waals surface area contributed by atoms with Crippen LogP contribution in [0.5, 0.6) is 0 Å². The van der Waals surface area contributed by atoms with Crippen LogP contribution in [0, 0.1) is 12.7 Å². The second kappa shape index (κ2) is 9.77. The Morgan fingerprint density at radius 2 is 1.76 bits per heavy atom. The number of nitrogens with one attached hydrogen (secondary N) is 1. The third-order valence-electron chi connectivity index (χ3n) is 4.63. The molecule has 0 aliphatic rings. The minimum Gasteiger partial charge on any atom is -0.320 e. The quantitative estimate of drug-likeness (QED) is 0.462. The van der Waals surface area contributed by atoms with Crippen molar-refractivity contribution in [1.29, 1.82) is 0 Å². The molecule has 150 valence electrons. The smallest absolute Gasteiger partial charge is 0.320 e. The van der Waals surface area contributed by atoms with Crippen molar-refractivity contribution in [1.82, 2.24) is 4.90 Å². The molecule has 0 spiro atoms. The van der Waals surface area contributed by atoms with Crippen LogP contribution >= 0.6 is 23.2 Å². The zero-order chi connectivity index (χ0) is 20.8. The summed E-state index contributed by atoms with van der Waals surface area (Å²) in [6.45, 7) is 2.73. The molecule has 0 aliphatic carbocycles. The van der Waals surface area contributed by atoms with Gasteiger partial charge < -0.3 is 10.2 Å². The molecule has 0 radical (unpaired) electrons. The third-order valence-corrected chi connectivity index (χ3v) is 5.21. The second-order valence-corrected chi connectivity index (χ2v) is 7.62. The van der Waals surface area contributed by atoms with E-state index < -0.39 is 0 Å². The Labute approximate surface area is 180 Å². The molecule has 0 aliphatic heterocycles. The topological polar surface area (TPSA) is 32.3 Å². The largest absolute Gasteiger partial charge is 0.322 e. The summed E-state index contributed by atoms with van der Waals surface area (Å²) in [5, 5.41) is 4.10. The van der Waals surface area contributed by atoms with Crippen LogP contribution in [-0.4, -0.2) is 17.5 Å². The lowest BCUT2D eigenvalue weighted by molar-refractivity contribution is 0.210. The maximum atomic E-state index is 13.2. The van der Waals surface area contributed by atoms with Gasteiger partial charge in [-0.25, -0.2) is 9.18 Å². The molecule has 29 heavy (non-hydrogen) atoms. The molecule has 0 fully saturated rings. The fraction of sp³-hybridized carbons (Fsp3) is 0.174. The van der Waals surface area contributed by atoms with Crippen LogP contribution in [-0.2, 0) is 13.0 Å². The van der Waals surface area contributed by atoms with Gasteiger partial charge in [0.1, 0.15) is 5.82 Å². The Hall–Kier alpha value is -2.56. The summed E-state index contributed by atoms with van der Waals surface area (Å²) in [6, 6.07) is 18.8. The van der Waals surface area contributed by atoms with Gasteiger partial charge in [-0.1, -0.05) is 59.6 Å². The molecule has 3 nitrogen and oxygen atoms in total. The van der Waals surface area contributed by atoms with Gasteiger partial charge in [-0.05, 0) is 60.4 Å². The maximum Gasteiger partial charge on any atom is 0.322 e. The fourth-order valence-corrected chi connectivity index (χ4v) is 3.45. The van der Waals surface area contributed by atoms with E-state index in [2.05, 4.69) is 5.32 Å². The van der Waals surface area contributed by atoms with Gasteiger partial charge in [-0.3, -0.25) is 0 Å². The average molecular weight is 431 g/mol. The molecule has 6 heteroatoms. The van der Waals surface area contributed by atoms with Crippen molar-refractivity contribution in [2.45, 2.75) is 19.9 Å². The Morgan fingerprint density at radius 1 is 1.03 bits per heavy atom. The van der Waals surface area contributed by atoms with E-state index in [1.165, 1.54) is 12.1 Å². The number of benzene rings is 3. The second-order valence-electron chi connectivity index (χ2n) is 6.78. The molecule has 3 aromatic carbocycles. The summed E-state index contributed by atoms with van der Waals surface area (Å²) in [7, 11) is 0. The number of hydrogen-bond donors (Lipinski definition) is 1. The SMILES string of the molecule is Cc1ccccc1NC(=O)N(CCc1ccc(Cl)cc1Cl)Cc1ccc(F)cc1. The first-order valence-corrected chi connectivity index (χ1v) is 9.98. The van der Waals surface area contributed by atoms with Crippen molar-refractivity contribution >= 4 is 34.9 Å². The van der Waals surface area contributed by atoms with Gasteiger partial charge in [0.05, 0.1) is 0 Å². The number of anilines is 1. The predicted molar refractivity (Wildman–Crippen MR) is 117 cm³/mol. The van der Waals surface area contributed by atoms with Crippen molar-refractivity contribution in [2.24, 2.45) is 0 Å². The summed E-state index contributed by atoms with van der Waals surface area (Å²) in [5.41, 5.74) is 3.48. The van der Waals surface area contributed by atoms with E-state index in [9.17, 15) is 9.18 Å².